The molecule has 0 saturated carbocycles. The Hall–Kier alpha value is -2.18. The molecular weight excluding hydrogens is 380 g/mol. The Morgan fingerprint density at radius 1 is 1.13 bits per heavy atom. The highest BCUT2D eigenvalue weighted by Crippen LogP contribution is 2.42. The van der Waals surface area contributed by atoms with Crippen molar-refractivity contribution in [3.8, 4) is 0 Å². The fourth-order valence-electron chi connectivity index (χ4n) is 6.29. The van der Waals surface area contributed by atoms with E-state index in [-0.39, 0.29) is 36.1 Å². The Labute approximate surface area is 176 Å². The summed E-state index contributed by atoms with van der Waals surface area (Å²) >= 11 is 0. The van der Waals surface area contributed by atoms with Gasteiger partial charge in [0.2, 0.25) is 5.91 Å². The van der Waals surface area contributed by atoms with Crippen molar-refractivity contribution in [1.82, 2.24) is 9.80 Å². The lowest BCUT2D eigenvalue weighted by Gasteiger charge is -2.56. The van der Waals surface area contributed by atoms with E-state index in [0.29, 0.717) is 24.5 Å². The van der Waals surface area contributed by atoms with E-state index in [9.17, 15) is 14.7 Å². The Kier molecular flexibility index (Phi) is 4.94. The predicted octanol–water partition coefficient (Wildman–Crippen LogP) is 2.60. The monoisotopic (exact) mass is 410 g/mol. The summed E-state index contributed by atoms with van der Waals surface area (Å²) in [5.74, 6) is 0.929. The summed E-state index contributed by atoms with van der Waals surface area (Å²) in [7, 11) is 0. The summed E-state index contributed by atoms with van der Waals surface area (Å²) in [6.07, 6.45) is 3.67. The molecule has 0 radical (unpaired) electrons. The highest BCUT2D eigenvalue weighted by molar-refractivity contribution is 5.83. The molecular formula is C24H30N2O4. The van der Waals surface area contributed by atoms with E-state index in [4.69, 9.17) is 4.42 Å². The smallest absolute Gasteiger partial charge is 0.336 e. The minimum absolute atomic E-state index is 0.0315. The number of carbonyl (C=O) groups is 1. The first-order chi connectivity index (χ1) is 14.4. The predicted molar refractivity (Wildman–Crippen MR) is 114 cm³/mol. The van der Waals surface area contributed by atoms with Crippen LogP contribution >= 0.6 is 0 Å². The highest BCUT2D eigenvalue weighted by atomic mass is 16.4. The number of aryl methyl sites for hydroxylation is 2. The molecule has 6 heteroatoms. The number of hydrogen-bond acceptors (Lipinski definition) is 5. The van der Waals surface area contributed by atoms with Crippen molar-refractivity contribution in [2.45, 2.75) is 58.2 Å². The van der Waals surface area contributed by atoms with Crippen molar-refractivity contribution in [3.63, 3.8) is 0 Å². The summed E-state index contributed by atoms with van der Waals surface area (Å²) in [4.78, 5) is 29.3. The number of piperidine rings is 3. The van der Waals surface area contributed by atoms with Crippen LogP contribution in [0.4, 0.5) is 0 Å². The topological polar surface area (TPSA) is 74.0 Å². The number of aliphatic hydroxyl groups excluding tert-OH is 1. The molecule has 3 fully saturated rings. The molecule has 5 rings (SSSR count). The molecule has 1 amide bonds. The van der Waals surface area contributed by atoms with Gasteiger partial charge in [-0.2, -0.15) is 0 Å². The quantitative estimate of drug-likeness (QED) is 0.788. The molecule has 0 aliphatic carbocycles. The van der Waals surface area contributed by atoms with Crippen LogP contribution in [-0.2, 0) is 11.3 Å². The molecule has 3 saturated heterocycles. The maximum Gasteiger partial charge on any atom is 0.336 e. The average Bonchev–Trinajstić information content (AvgIpc) is 2.70. The third-order valence-electron chi connectivity index (χ3n) is 7.41. The molecule has 1 N–H and O–H groups in total. The van der Waals surface area contributed by atoms with E-state index >= 15 is 0 Å². The maximum absolute atomic E-state index is 12.6. The van der Waals surface area contributed by atoms with Gasteiger partial charge in [0.25, 0.3) is 0 Å². The van der Waals surface area contributed by atoms with Crippen LogP contribution in [0, 0.1) is 25.7 Å². The molecule has 0 spiro atoms. The number of amides is 1. The zero-order chi connectivity index (χ0) is 21.0. The van der Waals surface area contributed by atoms with Crippen LogP contribution in [0.25, 0.3) is 11.0 Å². The second-order valence-electron chi connectivity index (χ2n) is 9.51. The second kappa shape index (κ2) is 7.50. The minimum atomic E-state index is -0.307. The molecule has 160 valence electrons. The number of fused-ring (bicyclic) bond motifs is 5. The van der Waals surface area contributed by atoms with E-state index in [1.807, 2.05) is 17.9 Å². The molecule has 0 unspecified atom stereocenters. The minimum Gasteiger partial charge on any atom is -0.422 e. The number of aliphatic hydroxyl groups is 1. The summed E-state index contributed by atoms with van der Waals surface area (Å²) in [5.41, 5.74) is 3.51. The highest BCUT2D eigenvalue weighted by Gasteiger charge is 2.49. The third-order valence-corrected chi connectivity index (χ3v) is 7.41. The van der Waals surface area contributed by atoms with Gasteiger partial charge in [-0.15, -0.1) is 0 Å². The molecule has 2 bridgehead atoms. The largest absolute Gasteiger partial charge is 0.422 e. The van der Waals surface area contributed by atoms with Crippen molar-refractivity contribution in [3.05, 3.63) is 45.3 Å². The van der Waals surface area contributed by atoms with E-state index in [0.717, 1.165) is 54.4 Å². The van der Waals surface area contributed by atoms with Gasteiger partial charge >= 0.3 is 5.63 Å². The first-order valence-corrected chi connectivity index (χ1v) is 11.1. The van der Waals surface area contributed by atoms with Gasteiger partial charge in [-0.1, -0.05) is 6.07 Å². The number of hydrogen-bond donors (Lipinski definition) is 1. The fourth-order valence-corrected chi connectivity index (χ4v) is 6.29. The Morgan fingerprint density at radius 3 is 2.73 bits per heavy atom. The molecule has 30 heavy (non-hydrogen) atoms. The molecule has 4 heterocycles. The van der Waals surface area contributed by atoms with Gasteiger partial charge in [-0.25, -0.2) is 4.79 Å². The van der Waals surface area contributed by atoms with Gasteiger partial charge in [0.1, 0.15) is 5.58 Å². The molecule has 1 aromatic carbocycles. The zero-order valence-electron chi connectivity index (χ0n) is 17.8. The van der Waals surface area contributed by atoms with Gasteiger partial charge in [0.15, 0.2) is 0 Å². The average molecular weight is 411 g/mol. The molecule has 2 aromatic rings. The van der Waals surface area contributed by atoms with Gasteiger partial charge in [0, 0.05) is 43.5 Å². The van der Waals surface area contributed by atoms with Crippen molar-refractivity contribution >= 4 is 16.9 Å². The lowest BCUT2D eigenvalue weighted by atomic mass is 9.72. The SMILES string of the molecule is Cc1cc(C)c2oc(=O)cc(CN3C[C@H]4C[C@@H](C3)[C@H](CO)N3C(=O)CCC[C@@H]43)c2c1. The zero-order valence-corrected chi connectivity index (χ0v) is 17.8. The van der Waals surface area contributed by atoms with Crippen molar-refractivity contribution in [2.24, 2.45) is 11.8 Å². The van der Waals surface area contributed by atoms with Gasteiger partial charge in [-0.3, -0.25) is 9.69 Å². The maximum atomic E-state index is 12.6. The second-order valence-corrected chi connectivity index (χ2v) is 9.51. The van der Waals surface area contributed by atoms with E-state index in [2.05, 4.69) is 17.9 Å². The lowest BCUT2D eigenvalue weighted by Crippen LogP contribution is -2.65. The third kappa shape index (κ3) is 3.26. The summed E-state index contributed by atoms with van der Waals surface area (Å²) in [6, 6.07) is 5.93. The standard InChI is InChI=1S/C24H30N2O4/c1-14-6-15(2)24-19(7-14)16(9-23(29)30-24)10-25-11-17-8-18(12-25)21(13-27)26-20(17)4-3-5-22(26)28/h6-7,9,17-18,20-21,27H,3-5,8,10-13H2,1-2H3/t17-,18+,20+,21+/m1/s1. The number of likely N-dealkylation sites (tertiary alicyclic amines) is 1. The number of rotatable bonds is 3. The van der Waals surface area contributed by atoms with Gasteiger partial charge in [-0.05, 0) is 67.7 Å². The van der Waals surface area contributed by atoms with E-state index in [1.54, 1.807) is 6.07 Å². The number of nitrogens with zero attached hydrogens (tertiary/aromatic N) is 2. The van der Waals surface area contributed by atoms with Crippen LogP contribution in [0.1, 0.15) is 42.4 Å². The Bertz CT molecular complexity index is 1030. The van der Waals surface area contributed by atoms with Crippen molar-refractivity contribution in [1.29, 1.82) is 0 Å². The summed E-state index contributed by atoms with van der Waals surface area (Å²) in [6.45, 7) is 6.53. The van der Waals surface area contributed by atoms with Gasteiger partial charge in [0.05, 0.1) is 12.6 Å². The van der Waals surface area contributed by atoms with Crippen LogP contribution in [0.2, 0.25) is 0 Å². The number of benzene rings is 1. The van der Waals surface area contributed by atoms with Gasteiger partial charge < -0.3 is 14.4 Å². The summed E-state index contributed by atoms with van der Waals surface area (Å²) in [5, 5.41) is 11.1. The number of carbonyl (C=O) groups excluding carboxylic acids is 1. The lowest BCUT2D eigenvalue weighted by molar-refractivity contribution is -0.155. The fraction of sp³-hybridized carbons (Fsp3) is 0.583. The normalized spacial score (nSPS) is 29.3. The first-order valence-electron chi connectivity index (χ1n) is 11.1. The van der Waals surface area contributed by atoms with Crippen LogP contribution in [0.5, 0.6) is 0 Å². The Balaban J connectivity index is 1.46. The Morgan fingerprint density at radius 2 is 1.93 bits per heavy atom. The van der Waals surface area contributed by atoms with Crippen LogP contribution in [0.3, 0.4) is 0 Å². The van der Waals surface area contributed by atoms with Crippen LogP contribution in [0.15, 0.2) is 27.4 Å². The van der Waals surface area contributed by atoms with Crippen LogP contribution in [-0.4, -0.2) is 52.6 Å². The molecule has 3 aliphatic heterocycles. The molecule has 3 aliphatic rings. The van der Waals surface area contributed by atoms with E-state index in [1.165, 1.54) is 0 Å². The van der Waals surface area contributed by atoms with Crippen LogP contribution < -0.4 is 5.63 Å². The summed E-state index contributed by atoms with van der Waals surface area (Å²) < 4.78 is 5.52. The molecule has 6 nitrogen and oxygen atoms in total. The van der Waals surface area contributed by atoms with Crippen molar-refractivity contribution < 1.29 is 14.3 Å². The van der Waals surface area contributed by atoms with E-state index < -0.39 is 0 Å². The first kappa shape index (κ1) is 19.8. The van der Waals surface area contributed by atoms with Crippen molar-refractivity contribution in [2.75, 3.05) is 19.7 Å². The molecule has 1 aromatic heterocycles. The molecule has 4 atom stereocenters.